The number of phenolic OH excluding ortho intramolecular Hbond substituents is 1. The molecule has 1 saturated heterocycles. The molecule has 0 unspecified atom stereocenters. The van der Waals surface area contributed by atoms with Crippen LogP contribution in [-0.2, 0) is 0 Å². The predicted octanol–water partition coefficient (Wildman–Crippen LogP) is 4.99. The molecule has 3 heterocycles. The second-order valence-corrected chi connectivity index (χ2v) is 8.22. The summed E-state index contributed by atoms with van der Waals surface area (Å²) in [5.41, 5.74) is 1.49. The van der Waals surface area contributed by atoms with Crippen LogP contribution < -0.4 is 10.2 Å². The van der Waals surface area contributed by atoms with Gasteiger partial charge in [0.25, 0.3) is 0 Å². The average Bonchev–Trinajstić information content (AvgIpc) is 3.21. The lowest BCUT2D eigenvalue weighted by Crippen LogP contribution is -2.29. The molecule has 3 aromatic rings. The summed E-state index contributed by atoms with van der Waals surface area (Å²) in [4.78, 5) is 8.80. The Balaban J connectivity index is 1.86. The Kier molecular flexibility index (Phi) is 4.56. The van der Waals surface area contributed by atoms with Crippen LogP contribution in [0.1, 0.15) is 27.5 Å². The minimum Gasteiger partial charge on any atom is -0.506 e. The van der Waals surface area contributed by atoms with E-state index >= 15 is 0 Å². The largest absolute Gasteiger partial charge is 0.506 e. The summed E-state index contributed by atoms with van der Waals surface area (Å²) in [6, 6.07) is 14.8. The lowest BCUT2D eigenvalue weighted by atomic mass is 10.0. The third-order valence-corrected chi connectivity index (χ3v) is 5.97. The van der Waals surface area contributed by atoms with E-state index in [0.717, 1.165) is 10.6 Å². The van der Waals surface area contributed by atoms with Crippen molar-refractivity contribution in [1.29, 1.82) is 0 Å². The molecule has 0 spiro atoms. The van der Waals surface area contributed by atoms with Crippen LogP contribution in [0.3, 0.4) is 0 Å². The van der Waals surface area contributed by atoms with Crippen molar-refractivity contribution in [2.75, 3.05) is 4.90 Å². The number of anilines is 1. The third-order valence-electron chi connectivity index (χ3n) is 4.35. The van der Waals surface area contributed by atoms with Gasteiger partial charge in [0.2, 0.25) is 0 Å². The van der Waals surface area contributed by atoms with Gasteiger partial charge in [-0.05, 0) is 61.6 Å². The van der Waals surface area contributed by atoms with Gasteiger partial charge in [-0.15, -0.1) is 11.3 Å². The molecular formula is C19H16ClN3OS2. The van der Waals surface area contributed by atoms with Crippen molar-refractivity contribution in [3.8, 4) is 5.75 Å². The van der Waals surface area contributed by atoms with E-state index in [0.29, 0.717) is 15.8 Å². The molecule has 1 aliphatic heterocycles. The molecule has 1 fully saturated rings. The van der Waals surface area contributed by atoms with Crippen LogP contribution in [0.15, 0.2) is 54.7 Å². The summed E-state index contributed by atoms with van der Waals surface area (Å²) in [6.07, 6.45) is 1.77. The normalized spacial score (nSPS) is 19.6. The van der Waals surface area contributed by atoms with Crippen molar-refractivity contribution in [3.05, 3.63) is 75.2 Å². The Morgan fingerprint density at radius 3 is 2.77 bits per heavy atom. The molecule has 1 aliphatic rings. The maximum absolute atomic E-state index is 10.4. The van der Waals surface area contributed by atoms with Gasteiger partial charge in [-0.3, -0.25) is 4.98 Å². The molecule has 4 nitrogen and oxygen atoms in total. The summed E-state index contributed by atoms with van der Waals surface area (Å²) in [5.74, 6) is 0.137. The molecule has 2 atom stereocenters. The highest BCUT2D eigenvalue weighted by Crippen LogP contribution is 2.46. The van der Waals surface area contributed by atoms with Gasteiger partial charge in [0.15, 0.2) is 5.11 Å². The number of thiocarbonyl (C=S) groups is 1. The fourth-order valence-electron chi connectivity index (χ4n) is 3.21. The summed E-state index contributed by atoms with van der Waals surface area (Å²) in [5, 5.41) is 14.9. The van der Waals surface area contributed by atoms with E-state index in [2.05, 4.69) is 29.4 Å². The first-order valence-electron chi connectivity index (χ1n) is 8.10. The molecule has 2 N–H and O–H groups in total. The summed E-state index contributed by atoms with van der Waals surface area (Å²) in [7, 11) is 0. The summed E-state index contributed by atoms with van der Waals surface area (Å²) < 4.78 is 0. The van der Waals surface area contributed by atoms with Gasteiger partial charge >= 0.3 is 0 Å². The first-order valence-corrected chi connectivity index (χ1v) is 9.70. The Morgan fingerprint density at radius 1 is 1.23 bits per heavy atom. The SMILES string of the molecule is Cc1ccc([C@H]2[C@@H](c3ccccn3)NC(=S)N2c2cc(Cl)ccc2O)s1. The highest BCUT2D eigenvalue weighted by molar-refractivity contribution is 7.80. The minimum atomic E-state index is -0.125. The lowest BCUT2D eigenvalue weighted by molar-refractivity contribution is 0.473. The average molecular weight is 402 g/mol. The van der Waals surface area contributed by atoms with Crippen molar-refractivity contribution in [3.63, 3.8) is 0 Å². The molecule has 0 bridgehead atoms. The zero-order valence-electron chi connectivity index (χ0n) is 13.9. The second kappa shape index (κ2) is 6.87. The monoisotopic (exact) mass is 401 g/mol. The van der Waals surface area contributed by atoms with Crippen LogP contribution in [0.4, 0.5) is 5.69 Å². The Hall–Kier alpha value is -2.15. The zero-order chi connectivity index (χ0) is 18.3. The van der Waals surface area contributed by atoms with Crippen LogP contribution in [0.2, 0.25) is 5.02 Å². The standard InChI is InChI=1S/C19H16ClN3OS2/c1-11-5-8-16(26-11)18-17(13-4-2-3-9-21-13)22-19(25)23(18)14-10-12(20)6-7-15(14)24/h2-10,17-18,24H,1H3,(H,22,25)/t17-,18+/m1/s1. The number of halogens is 1. The van der Waals surface area contributed by atoms with E-state index in [1.165, 1.54) is 4.88 Å². The molecule has 2 aromatic heterocycles. The molecule has 0 saturated carbocycles. The number of nitrogens with zero attached hydrogens (tertiary/aromatic N) is 2. The highest BCUT2D eigenvalue weighted by atomic mass is 35.5. The lowest BCUT2D eigenvalue weighted by Gasteiger charge is -2.27. The number of aromatic hydroxyl groups is 1. The van der Waals surface area contributed by atoms with Gasteiger partial charge in [-0.2, -0.15) is 0 Å². The number of hydrogen-bond donors (Lipinski definition) is 2. The molecule has 0 radical (unpaired) electrons. The number of phenols is 1. The van der Waals surface area contributed by atoms with Gasteiger partial charge in [0.05, 0.1) is 23.5 Å². The highest BCUT2D eigenvalue weighted by Gasteiger charge is 2.42. The number of pyridine rings is 1. The zero-order valence-corrected chi connectivity index (χ0v) is 16.3. The van der Waals surface area contributed by atoms with E-state index < -0.39 is 0 Å². The van der Waals surface area contributed by atoms with Crippen LogP contribution >= 0.6 is 35.2 Å². The smallest absolute Gasteiger partial charge is 0.174 e. The third kappa shape index (κ3) is 3.05. The number of hydrogen-bond acceptors (Lipinski definition) is 4. The van der Waals surface area contributed by atoms with Crippen LogP contribution in [0.5, 0.6) is 5.75 Å². The topological polar surface area (TPSA) is 48.4 Å². The number of aryl methyl sites for hydroxylation is 1. The fourth-order valence-corrected chi connectivity index (χ4v) is 4.72. The maximum atomic E-state index is 10.4. The van der Waals surface area contributed by atoms with E-state index in [9.17, 15) is 5.11 Å². The first kappa shape index (κ1) is 17.3. The number of rotatable bonds is 3. The molecule has 0 aliphatic carbocycles. The van der Waals surface area contributed by atoms with Crippen LogP contribution in [-0.4, -0.2) is 15.2 Å². The van der Waals surface area contributed by atoms with Gasteiger partial charge < -0.3 is 15.3 Å². The Morgan fingerprint density at radius 2 is 2.08 bits per heavy atom. The molecule has 1 aromatic carbocycles. The van der Waals surface area contributed by atoms with E-state index in [1.54, 1.807) is 35.7 Å². The fraction of sp³-hybridized carbons (Fsp3) is 0.158. The number of nitrogens with one attached hydrogen (secondary N) is 1. The number of aromatic nitrogens is 1. The molecule has 0 amide bonds. The minimum absolute atomic E-state index is 0.125. The van der Waals surface area contributed by atoms with Gasteiger partial charge in [-0.1, -0.05) is 17.7 Å². The summed E-state index contributed by atoms with van der Waals surface area (Å²) >= 11 is 13.5. The van der Waals surface area contributed by atoms with Gasteiger partial charge in [-0.25, -0.2) is 0 Å². The number of thiophene rings is 1. The first-order chi connectivity index (χ1) is 12.5. The maximum Gasteiger partial charge on any atom is 0.174 e. The van der Waals surface area contributed by atoms with Crippen molar-refractivity contribution in [1.82, 2.24) is 10.3 Å². The van der Waals surface area contributed by atoms with Gasteiger partial charge in [0.1, 0.15) is 5.75 Å². The molecule has 7 heteroatoms. The van der Waals surface area contributed by atoms with Gasteiger partial charge in [0, 0.05) is 21.0 Å². The van der Waals surface area contributed by atoms with Crippen molar-refractivity contribution in [2.24, 2.45) is 0 Å². The van der Waals surface area contributed by atoms with Crippen molar-refractivity contribution in [2.45, 2.75) is 19.0 Å². The van der Waals surface area contributed by atoms with Crippen LogP contribution in [0.25, 0.3) is 0 Å². The Labute approximate surface area is 166 Å². The van der Waals surface area contributed by atoms with Crippen molar-refractivity contribution < 1.29 is 5.11 Å². The molecular weight excluding hydrogens is 386 g/mol. The summed E-state index contributed by atoms with van der Waals surface area (Å²) in [6.45, 7) is 2.08. The molecule has 132 valence electrons. The van der Waals surface area contributed by atoms with Crippen LogP contribution in [0, 0.1) is 6.92 Å². The second-order valence-electron chi connectivity index (χ2n) is 6.08. The molecule has 4 rings (SSSR count). The molecule has 26 heavy (non-hydrogen) atoms. The van der Waals surface area contributed by atoms with E-state index in [1.807, 2.05) is 23.1 Å². The van der Waals surface area contributed by atoms with E-state index in [4.69, 9.17) is 23.8 Å². The quantitative estimate of drug-likeness (QED) is 0.605. The Bertz CT molecular complexity index is 960. The number of benzene rings is 1. The van der Waals surface area contributed by atoms with Crippen molar-refractivity contribution >= 4 is 46.0 Å². The van der Waals surface area contributed by atoms with E-state index in [-0.39, 0.29) is 17.8 Å². The predicted molar refractivity (Wildman–Crippen MR) is 110 cm³/mol.